The SMILES string of the molecule is COc1ccc(C2C(S(=O)(=O)NCc3ccc4c(c3)OCO4)CON2C)cc1. The molecule has 4 rings (SSSR count). The molecular formula is C19H22N2O6S. The number of methoxy groups -OCH3 is 1. The molecular weight excluding hydrogens is 384 g/mol. The van der Waals surface area contributed by atoms with Gasteiger partial charge >= 0.3 is 0 Å². The standard InChI is InChI=1S/C19H22N2O6S/c1-21-19(14-4-6-15(24-2)7-5-14)18(11-27-21)28(22,23)20-10-13-3-8-16-17(9-13)26-12-25-16/h3-9,18-20H,10-12H2,1-2H3. The molecule has 2 atom stereocenters. The zero-order valence-corrected chi connectivity index (χ0v) is 16.4. The Balaban J connectivity index is 1.50. The van der Waals surface area contributed by atoms with Gasteiger partial charge in [0.05, 0.1) is 19.8 Å². The van der Waals surface area contributed by atoms with Crippen LogP contribution >= 0.6 is 0 Å². The van der Waals surface area contributed by atoms with Gasteiger partial charge in [0, 0.05) is 13.6 Å². The molecule has 0 amide bonds. The average molecular weight is 406 g/mol. The van der Waals surface area contributed by atoms with E-state index in [9.17, 15) is 8.42 Å². The van der Waals surface area contributed by atoms with Crippen molar-refractivity contribution >= 4 is 10.0 Å². The van der Waals surface area contributed by atoms with Gasteiger partial charge in [-0.15, -0.1) is 0 Å². The molecule has 0 aromatic heterocycles. The number of rotatable bonds is 6. The predicted molar refractivity (Wildman–Crippen MR) is 102 cm³/mol. The van der Waals surface area contributed by atoms with E-state index in [1.54, 1.807) is 31.4 Å². The highest BCUT2D eigenvalue weighted by atomic mass is 32.2. The zero-order valence-electron chi connectivity index (χ0n) is 15.6. The number of nitrogens with one attached hydrogen (secondary N) is 1. The van der Waals surface area contributed by atoms with Gasteiger partial charge in [-0.05, 0) is 35.4 Å². The van der Waals surface area contributed by atoms with Crippen molar-refractivity contribution in [2.24, 2.45) is 0 Å². The van der Waals surface area contributed by atoms with E-state index in [1.165, 1.54) is 0 Å². The van der Waals surface area contributed by atoms with E-state index in [4.69, 9.17) is 19.0 Å². The monoisotopic (exact) mass is 406 g/mol. The lowest BCUT2D eigenvalue weighted by Gasteiger charge is -2.23. The van der Waals surface area contributed by atoms with Crippen molar-refractivity contribution in [1.82, 2.24) is 9.79 Å². The van der Waals surface area contributed by atoms with Crippen LogP contribution in [0.25, 0.3) is 0 Å². The fourth-order valence-electron chi connectivity index (χ4n) is 3.42. The van der Waals surface area contributed by atoms with Crippen molar-refractivity contribution in [3.05, 3.63) is 53.6 Å². The quantitative estimate of drug-likeness (QED) is 0.783. The summed E-state index contributed by atoms with van der Waals surface area (Å²) in [5.41, 5.74) is 1.64. The second-order valence-corrected chi connectivity index (χ2v) is 8.64. The third-order valence-corrected chi connectivity index (χ3v) is 6.69. The highest BCUT2D eigenvalue weighted by Gasteiger charge is 2.43. The third kappa shape index (κ3) is 3.66. The Bertz CT molecular complexity index is 947. The summed E-state index contributed by atoms with van der Waals surface area (Å²) in [4.78, 5) is 5.53. The molecule has 9 heteroatoms. The third-order valence-electron chi connectivity index (χ3n) is 4.96. The van der Waals surface area contributed by atoms with Gasteiger partial charge in [0.1, 0.15) is 11.0 Å². The summed E-state index contributed by atoms with van der Waals surface area (Å²) in [7, 11) is -0.309. The van der Waals surface area contributed by atoms with Crippen molar-refractivity contribution in [3.8, 4) is 17.2 Å². The molecule has 28 heavy (non-hydrogen) atoms. The number of benzene rings is 2. The van der Waals surface area contributed by atoms with Crippen molar-refractivity contribution in [2.75, 3.05) is 27.6 Å². The Morgan fingerprint density at radius 1 is 1.14 bits per heavy atom. The van der Waals surface area contributed by atoms with Crippen LogP contribution in [0.4, 0.5) is 0 Å². The van der Waals surface area contributed by atoms with Gasteiger partial charge in [-0.1, -0.05) is 18.2 Å². The summed E-state index contributed by atoms with van der Waals surface area (Å²) in [5.74, 6) is 2.00. The van der Waals surface area contributed by atoms with Gasteiger partial charge in [0.2, 0.25) is 16.8 Å². The number of sulfonamides is 1. The van der Waals surface area contributed by atoms with Crippen LogP contribution in [-0.4, -0.2) is 46.3 Å². The van der Waals surface area contributed by atoms with E-state index in [-0.39, 0.29) is 19.9 Å². The lowest BCUT2D eigenvalue weighted by molar-refractivity contribution is -0.110. The van der Waals surface area contributed by atoms with Crippen LogP contribution in [-0.2, 0) is 21.4 Å². The maximum atomic E-state index is 13.0. The van der Waals surface area contributed by atoms with Crippen LogP contribution in [0.5, 0.6) is 17.2 Å². The molecule has 0 saturated carbocycles. The highest BCUT2D eigenvalue weighted by molar-refractivity contribution is 7.90. The molecule has 1 fully saturated rings. The molecule has 2 aliphatic heterocycles. The van der Waals surface area contributed by atoms with Crippen LogP contribution < -0.4 is 18.9 Å². The molecule has 0 spiro atoms. The number of fused-ring (bicyclic) bond motifs is 1. The number of hydrogen-bond acceptors (Lipinski definition) is 7. The van der Waals surface area contributed by atoms with Crippen LogP contribution in [0.3, 0.4) is 0 Å². The molecule has 1 saturated heterocycles. The van der Waals surface area contributed by atoms with E-state index in [1.807, 2.05) is 30.3 Å². The zero-order chi connectivity index (χ0) is 19.7. The molecule has 1 N–H and O–H groups in total. The van der Waals surface area contributed by atoms with Crippen LogP contribution in [0.1, 0.15) is 17.2 Å². The Hall–Kier alpha value is -2.33. The van der Waals surface area contributed by atoms with Crippen molar-refractivity contribution in [1.29, 1.82) is 0 Å². The maximum absolute atomic E-state index is 13.0. The fourth-order valence-corrected chi connectivity index (χ4v) is 4.91. The molecule has 2 heterocycles. The topological polar surface area (TPSA) is 86.3 Å². The van der Waals surface area contributed by atoms with E-state index >= 15 is 0 Å². The van der Waals surface area contributed by atoms with Gasteiger partial charge in [-0.25, -0.2) is 13.1 Å². The number of nitrogens with zero attached hydrogens (tertiary/aromatic N) is 1. The summed E-state index contributed by atoms with van der Waals surface area (Å²) in [6.45, 7) is 0.429. The molecule has 0 radical (unpaired) electrons. The molecule has 0 aliphatic carbocycles. The lowest BCUT2D eigenvalue weighted by Crippen LogP contribution is -2.39. The van der Waals surface area contributed by atoms with Crippen LogP contribution in [0, 0.1) is 0 Å². The highest BCUT2D eigenvalue weighted by Crippen LogP contribution is 2.35. The van der Waals surface area contributed by atoms with E-state index < -0.39 is 21.3 Å². The van der Waals surface area contributed by atoms with Crippen LogP contribution in [0.2, 0.25) is 0 Å². The van der Waals surface area contributed by atoms with Gasteiger partial charge in [-0.3, -0.25) is 4.84 Å². The first-order valence-corrected chi connectivity index (χ1v) is 10.4. The normalized spacial score (nSPS) is 21.8. The Morgan fingerprint density at radius 3 is 2.64 bits per heavy atom. The number of hydrogen-bond donors (Lipinski definition) is 1. The van der Waals surface area contributed by atoms with Gasteiger partial charge < -0.3 is 14.2 Å². The summed E-state index contributed by atoms with van der Waals surface area (Å²) in [6, 6.07) is 12.3. The van der Waals surface area contributed by atoms with Gasteiger partial charge in [0.15, 0.2) is 11.5 Å². The number of ether oxygens (including phenoxy) is 3. The molecule has 2 aliphatic rings. The number of hydroxylamine groups is 2. The first-order valence-electron chi connectivity index (χ1n) is 8.84. The average Bonchev–Trinajstić information content (AvgIpc) is 3.33. The van der Waals surface area contributed by atoms with Gasteiger partial charge in [0.25, 0.3) is 0 Å². The summed E-state index contributed by atoms with van der Waals surface area (Å²) < 4.78 is 44.5. The molecule has 2 aromatic rings. The molecule has 8 nitrogen and oxygen atoms in total. The van der Waals surface area contributed by atoms with E-state index in [0.29, 0.717) is 17.2 Å². The second kappa shape index (κ2) is 7.59. The lowest BCUT2D eigenvalue weighted by atomic mass is 10.0. The Kier molecular flexibility index (Phi) is 5.15. The maximum Gasteiger partial charge on any atom is 0.231 e. The first-order chi connectivity index (χ1) is 13.5. The molecule has 2 unspecified atom stereocenters. The summed E-state index contributed by atoms with van der Waals surface area (Å²) in [6.07, 6.45) is 0. The van der Waals surface area contributed by atoms with Crippen molar-refractivity contribution < 1.29 is 27.5 Å². The molecule has 2 aromatic carbocycles. The minimum Gasteiger partial charge on any atom is -0.497 e. The molecule has 0 bridgehead atoms. The fraction of sp³-hybridized carbons (Fsp3) is 0.368. The summed E-state index contributed by atoms with van der Waals surface area (Å²) >= 11 is 0. The Morgan fingerprint density at radius 2 is 1.89 bits per heavy atom. The minimum atomic E-state index is -3.64. The van der Waals surface area contributed by atoms with E-state index in [2.05, 4.69) is 4.72 Å². The van der Waals surface area contributed by atoms with Crippen molar-refractivity contribution in [3.63, 3.8) is 0 Å². The van der Waals surface area contributed by atoms with Gasteiger partial charge in [-0.2, -0.15) is 5.06 Å². The second-order valence-electron chi connectivity index (χ2n) is 6.65. The largest absolute Gasteiger partial charge is 0.497 e. The smallest absolute Gasteiger partial charge is 0.231 e. The molecule has 150 valence electrons. The first kappa shape index (κ1) is 19.0. The van der Waals surface area contributed by atoms with Crippen LogP contribution in [0.15, 0.2) is 42.5 Å². The summed E-state index contributed by atoms with van der Waals surface area (Å²) in [5, 5.41) is 0.853. The predicted octanol–water partition coefficient (Wildman–Crippen LogP) is 1.83. The minimum absolute atomic E-state index is 0.0870. The Labute approximate surface area is 164 Å². The van der Waals surface area contributed by atoms with Crippen molar-refractivity contribution in [2.45, 2.75) is 17.8 Å². The van der Waals surface area contributed by atoms with E-state index in [0.717, 1.165) is 11.1 Å².